The Morgan fingerprint density at radius 1 is 1.43 bits per heavy atom. The van der Waals surface area contributed by atoms with Crippen LogP contribution in [0.4, 0.5) is 14.6 Å². The zero-order valence-corrected chi connectivity index (χ0v) is 13.2. The second-order valence-corrected chi connectivity index (χ2v) is 6.33. The molecule has 0 bridgehead atoms. The van der Waals surface area contributed by atoms with E-state index in [0.717, 1.165) is 5.82 Å². The molecule has 1 saturated carbocycles. The zero-order chi connectivity index (χ0) is 16.2. The Hall–Kier alpha value is -1.83. The van der Waals surface area contributed by atoms with Crippen molar-refractivity contribution in [1.82, 2.24) is 24.7 Å². The molecule has 2 atom stereocenters. The lowest BCUT2D eigenvalue weighted by atomic mass is 10.0. The molecule has 2 aromatic rings. The molecule has 122 valence electrons. The number of fused-ring (bicyclic) bond motifs is 3. The summed E-state index contributed by atoms with van der Waals surface area (Å²) in [6.45, 7) is 2.00. The average molecular weight is 341 g/mol. The molecule has 1 aliphatic heterocycles. The van der Waals surface area contributed by atoms with Gasteiger partial charge in [-0.05, 0) is 24.4 Å². The summed E-state index contributed by atoms with van der Waals surface area (Å²) in [5, 5.41) is 8.25. The molecule has 0 aromatic carbocycles. The molecule has 0 radical (unpaired) electrons. The fraction of sp³-hybridized carbons (Fsp3) is 0.571. The average Bonchev–Trinajstić information content (AvgIpc) is 3.11. The zero-order valence-electron chi connectivity index (χ0n) is 12.5. The standard InChI is InChI=1S/C14H15ClF2N6/c1-2-9-12-21-19-7-22(12)10-6-18-13(15)20-11(10)23(9)8-3-4-14(16,17)5-8/h6-9H,2-5H2,1H3/t8-,9?/m1/s1. The van der Waals surface area contributed by atoms with Crippen LogP contribution in [-0.2, 0) is 0 Å². The number of anilines is 1. The number of hydrogen-bond donors (Lipinski definition) is 0. The van der Waals surface area contributed by atoms with Gasteiger partial charge in [0.2, 0.25) is 11.2 Å². The molecule has 0 amide bonds. The van der Waals surface area contributed by atoms with Crippen molar-refractivity contribution in [2.45, 2.75) is 50.6 Å². The van der Waals surface area contributed by atoms with Gasteiger partial charge in [-0.1, -0.05) is 6.92 Å². The third-order valence-corrected chi connectivity index (χ3v) is 4.77. The molecule has 2 aliphatic rings. The lowest BCUT2D eigenvalue weighted by Gasteiger charge is -2.40. The molecule has 0 spiro atoms. The van der Waals surface area contributed by atoms with Crippen LogP contribution in [0.15, 0.2) is 12.5 Å². The molecule has 6 nitrogen and oxygen atoms in total. The fourth-order valence-electron chi connectivity index (χ4n) is 3.61. The number of hydrogen-bond acceptors (Lipinski definition) is 5. The molecule has 1 fully saturated rings. The minimum Gasteiger partial charge on any atom is -0.341 e. The maximum absolute atomic E-state index is 13.8. The molecule has 1 aliphatic carbocycles. The number of aromatic nitrogens is 5. The molecule has 23 heavy (non-hydrogen) atoms. The van der Waals surface area contributed by atoms with Gasteiger partial charge < -0.3 is 4.90 Å². The molecule has 4 rings (SSSR count). The second-order valence-electron chi connectivity index (χ2n) is 5.99. The molecule has 0 saturated heterocycles. The van der Waals surface area contributed by atoms with Gasteiger partial charge in [0.05, 0.1) is 12.2 Å². The normalized spacial score (nSPS) is 25.3. The number of nitrogens with zero attached hydrogens (tertiary/aromatic N) is 6. The van der Waals surface area contributed by atoms with E-state index >= 15 is 0 Å². The van der Waals surface area contributed by atoms with Gasteiger partial charge in [-0.2, -0.15) is 4.98 Å². The van der Waals surface area contributed by atoms with Gasteiger partial charge in [0.25, 0.3) is 0 Å². The van der Waals surface area contributed by atoms with E-state index in [-0.39, 0.29) is 30.2 Å². The van der Waals surface area contributed by atoms with Gasteiger partial charge in [0, 0.05) is 18.9 Å². The highest BCUT2D eigenvalue weighted by Gasteiger charge is 2.46. The van der Waals surface area contributed by atoms with Crippen LogP contribution >= 0.6 is 11.6 Å². The van der Waals surface area contributed by atoms with E-state index in [1.54, 1.807) is 12.5 Å². The first-order valence-corrected chi connectivity index (χ1v) is 7.97. The monoisotopic (exact) mass is 340 g/mol. The van der Waals surface area contributed by atoms with Crippen LogP contribution in [0.1, 0.15) is 44.5 Å². The summed E-state index contributed by atoms with van der Waals surface area (Å²) in [5.74, 6) is -1.33. The molecule has 9 heteroatoms. The van der Waals surface area contributed by atoms with Crippen LogP contribution in [0.2, 0.25) is 5.28 Å². The summed E-state index contributed by atoms with van der Waals surface area (Å²) in [4.78, 5) is 10.3. The van der Waals surface area contributed by atoms with E-state index in [0.29, 0.717) is 24.3 Å². The number of rotatable bonds is 2. The second kappa shape index (κ2) is 5.09. The predicted octanol–water partition coefficient (Wildman–Crippen LogP) is 3.17. The van der Waals surface area contributed by atoms with Gasteiger partial charge in [-0.3, -0.25) is 4.57 Å². The Morgan fingerprint density at radius 2 is 2.26 bits per heavy atom. The van der Waals surface area contributed by atoms with Gasteiger partial charge >= 0.3 is 0 Å². The van der Waals surface area contributed by atoms with Crippen LogP contribution in [0.3, 0.4) is 0 Å². The van der Waals surface area contributed by atoms with Crippen molar-refractivity contribution in [3.63, 3.8) is 0 Å². The van der Waals surface area contributed by atoms with Crippen molar-refractivity contribution in [3.8, 4) is 5.69 Å². The Balaban J connectivity index is 1.86. The molecule has 3 heterocycles. The minimum atomic E-state index is -2.63. The van der Waals surface area contributed by atoms with Crippen molar-refractivity contribution >= 4 is 17.4 Å². The van der Waals surface area contributed by atoms with E-state index in [9.17, 15) is 8.78 Å². The van der Waals surface area contributed by atoms with Crippen molar-refractivity contribution in [1.29, 1.82) is 0 Å². The Bertz CT molecular complexity index is 749. The minimum absolute atomic E-state index is 0.102. The molecular weight excluding hydrogens is 326 g/mol. The maximum atomic E-state index is 13.8. The highest BCUT2D eigenvalue weighted by atomic mass is 35.5. The van der Waals surface area contributed by atoms with Crippen LogP contribution in [0, 0.1) is 0 Å². The van der Waals surface area contributed by atoms with Crippen molar-refractivity contribution in [2.24, 2.45) is 0 Å². The summed E-state index contributed by atoms with van der Waals surface area (Å²) >= 11 is 5.96. The van der Waals surface area contributed by atoms with E-state index in [4.69, 9.17) is 11.6 Å². The van der Waals surface area contributed by atoms with Crippen molar-refractivity contribution < 1.29 is 8.78 Å². The van der Waals surface area contributed by atoms with Crippen molar-refractivity contribution in [3.05, 3.63) is 23.6 Å². The van der Waals surface area contributed by atoms with E-state index < -0.39 is 5.92 Å². The summed E-state index contributed by atoms with van der Waals surface area (Å²) in [5.41, 5.74) is 0.675. The largest absolute Gasteiger partial charge is 0.341 e. The molecular formula is C14H15ClF2N6. The highest BCUT2D eigenvalue weighted by molar-refractivity contribution is 6.28. The lowest BCUT2D eigenvalue weighted by Crippen LogP contribution is -2.42. The summed E-state index contributed by atoms with van der Waals surface area (Å²) < 4.78 is 29.3. The van der Waals surface area contributed by atoms with Gasteiger partial charge in [-0.15, -0.1) is 10.2 Å². The maximum Gasteiger partial charge on any atom is 0.250 e. The quantitative estimate of drug-likeness (QED) is 0.786. The highest BCUT2D eigenvalue weighted by Crippen LogP contribution is 2.46. The Labute approximate surface area is 136 Å². The third-order valence-electron chi connectivity index (χ3n) is 4.59. The van der Waals surface area contributed by atoms with Gasteiger partial charge in [0.1, 0.15) is 12.0 Å². The predicted molar refractivity (Wildman–Crippen MR) is 80.1 cm³/mol. The fourth-order valence-corrected chi connectivity index (χ4v) is 3.73. The number of alkyl halides is 2. The van der Waals surface area contributed by atoms with Gasteiger partial charge in [0.15, 0.2) is 11.6 Å². The third kappa shape index (κ3) is 2.27. The summed E-state index contributed by atoms with van der Waals surface area (Å²) in [6, 6.07) is -0.458. The molecule has 2 aromatic heterocycles. The Morgan fingerprint density at radius 3 is 2.96 bits per heavy atom. The summed E-state index contributed by atoms with van der Waals surface area (Å²) in [7, 11) is 0. The first-order valence-electron chi connectivity index (χ1n) is 7.59. The van der Waals surface area contributed by atoms with Crippen LogP contribution in [0.25, 0.3) is 5.69 Å². The molecule has 1 unspecified atom stereocenters. The Kier molecular flexibility index (Phi) is 3.26. The van der Waals surface area contributed by atoms with E-state index in [1.807, 2.05) is 16.4 Å². The van der Waals surface area contributed by atoms with Crippen LogP contribution in [-0.4, -0.2) is 36.7 Å². The SMILES string of the molecule is CCC1c2nncn2-c2cnc(Cl)nc2N1[C@@H]1CCC(F)(F)C1. The molecule has 0 N–H and O–H groups in total. The van der Waals surface area contributed by atoms with Crippen molar-refractivity contribution in [2.75, 3.05) is 4.90 Å². The first kappa shape index (κ1) is 14.7. The lowest BCUT2D eigenvalue weighted by molar-refractivity contribution is 0.00746. The topological polar surface area (TPSA) is 59.7 Å². The number of halogens is 3. The van der Waals surface area contributed by atoms with Gasteiger partial charge in [-0.25, -0.2) is 13.8 Å². The van der Waals surface area contributed by atoms with Crippen LogP contribution < -0.4 is 4.90 Å². The first-order chi connectivity index (χ1) is 11.0. The smallest absolute Gasteiger partial charge is 0.250 e. The van der Waals surface area contributed by atoms with Crippen LogP contribution in [0.5, 0.6) is 0 Å². The summed E-state index contributed by atoms with van der Waals surface area (Å²) in [6.07, 6.45) is 4.02. The van der Waals surface area contributed by atoms with E-state index in [2.05, 4.69) is 20.2 Å². The van der Waals surface area contributed by atoms with E-state index in [1.165, 1.54) is 0 Å².